The van der Waals surface area contributed by atoms with Crippen LogP contribution in [0.3, 0.4) is 0 Å². The molecule has 4 atom stereocenters. The first-order chi connectivity index (χ1) is 25.8. The number of nitrogens with one attached hydrogen (secondary N) is 4. The molecule has 0 aliphatic carbocycles. The smallest absolute Gasteiger partial charge is 0.407 e. The van der Waals surface area contributed by atoms with Gasteiger partial charge in [-0.05, 0) is 87.5 Å². The fourth-order valence-electron chi connectivity index (χ4n) is 6.82. The van der Waals surface area contributed by atoms with Crippen molar-refractivity contribution in [3.63, 3.8) is 0 Å². The number of aromatic amines is 2. The van der Waals surface area contributed by atoms with Gasteiger partial charge >= 0.3 is 12.2 Å². The highest BCUT2D eigenvalue weighted by atomic mass is 16.5. The summed E-state index contributed by atoms with van der Waals surface area (Å²) in [7, 11) is 2.56. The quantitative estimate of drug-likeness (QED) is 0.242. The molecular weight excluding hydrogens is 688 g/mol. The Labute approximate surface area is 316 Å². The number of amides is 4. The summed E-state index contributed by atoms with van der Waals surface area (Å²) in [6, 6.07) is 5.72. The van der Waals surface area contributed by atoms with Crippen LogP contribution in [0.15, 0.2) is 24.3 Å². The molecular formula is C40H50N8O6. The van der Waals surface area contributed by atoms with Crippen molar-refractivity contribution in [2.45, 2.75) is 91.4 Å². The van der Waals surface area contributed by atoms with Crippen molar-refractivity contribution in [1.82, 2.24) is 40.4 Å². The Morgan fingerprint density at radius 3 is 1.39 bits per heavy atom. The average Bonchev–Trinajstić information content (AvgIpc) is 3.97. The van der Waals surface area contributed by atoms with E-state index in [1.54, 1.807) is 9.80 Å². The van der Waals surface area contributed by atoms with Crippen LogP contribution in [0.25, 0.3) is 0 Å². The lowest BCUT2D eigenvalue weighted by Crippen LogP contribution is -2.51. The van der Waals surface area contributed by atoms with Crippen LogP contribution in [-0.4, -0.2) is 93.1 Å². The maximum atomic E-state index is 13.5. The van der Waals surface area contributed by atoms with Crippen LogP contribution in [0.1, 0.15) is 111 Å². The molecule has 2 aliphatic heterocycles. The molecule has 0 radical (unpaired) electrons. The molecule has 286 valence electrons. The minimum absolute atomic E-state index is 0.119. The number of carbonyl (C=O) groups is 4. The number of H-pyrrole nitrogens is 2. The molecule has 1 aromatic carbocycles. The van der Waals surface area contributed by atoms with E-state index >= 15 is 0 Å². The molecule has 14 nitrogen and oxygen atoms in total. The molecule has 2 aliphatic rings. The summed E-state index contributed by atoms with van der Waals surface area (Å²) in [4.78, 5) is 70.5. The van der Waals surface area contributed by atoms with Crippen molar-refractivity contribution in [3.8, 4) is 23.7 Å². The van der Waals surface area contributed by atoms with Crippen LogP contribution < -0.4 is 10.6 Å². The third kappa shape index (κ3) is 9.05. The number of ether oxygens (including phenoxy) is 2. The highest BCUT2D eigenvalue weighted by Gasteiger charge is 2.39. The van der Waals surface area contributed by atoms with Crippen molar-refractivity contribution in [2.75, 3.05) is 27.3 Å². The first-order valence-electron chi connectivity index (χ1n) is 18.4. The molecule has 0 bridgehead atoms. The van der Waals surface area contributed by atoms with Gasteiger partial charge in [0.1, 0.15) is 35.1 Å². The van der Waals surface area contributed by atoms with E-state index < -0.39 is 24.3 Å². The summed E-state index contributed by atoms with van der Waals surface area (Å²) in [6.45, 7) is 12.5. The van der Waals surface area contributed by atoms with Crippen molar-refractivity contribution in [1.29, 1.82) is 0 Å². The minimum Gasteiger partial charge on any atom is -0.453 e. The fourth-order valence-corrected chi connectivity index (χ4v) is 6.82. The zero-order valence-corrected chi connectivity index (χ0v) is 32.3. The summed E-state index contributed by atoms with van der Waals surface area (Å²) in [6.07, 6.45) is 1.89. The van der Waals surface area contributed by atoms with E-state index in [-0.39, 0.29) is 35.7 Å². The lowest BCUT2D eigenvalue weighted by Gasteiger charge is -2.29. The van der Waals surface area contributed by atoms with E-state index in [1.807, 2.05) is 65.8 Å². The summed E-state index contributed by atoms with van der Waals surface area (Å²) in [5.41, 5.74) is 4.43. The number of aromatic nitrogens is 4. The number of likely N-dealkylation sites (tertiary alicyclic amines) is 2. The number of imidazole rings is 2. The lowest BCUT2D eigenvalue weighted by molar-refractivity contribution is -0.136. The van der Waals surface area contributed by atoms with Crippen LogP contribution >= 0.6 is 0 Å². The second kappa shape index (κ2) is 17.4. The summed E-state index contributed by atoms with van der Waals surface area (Å²) >= 11 is 0. The van der Waals surface area contributed by atoms with Gasteiger partial charge in [0.25, 0.3) is 0 Å². The average molecular weight is 739 g/mol. The molecule has 0 saturated carbocycles. The van der Waals surface area contributed by atoms with Crippen LogP contribution in [0.5, 0.6) is 0 Å². The minimum atomic E-state index is -0.705. The topological polar surface area (TPSA) is 175 Å². The Bertz CT molecular complexity index is 1830. The van der Waals surface area contributed by atoms with Gasteiger partial charge in [0.05, 0.1) is 37.7 Å². The maximum Gasteiger partial charge on any atom is 0.407 e. The molecule has 14 heteroatoms. The normalized spacial score (nSPS) is 17.7. The molecule has 4 N–H and O–H groups in total. The largest absolute Gasteiger partial charge is 0.453 e. The number of aryl methyl sites for hydroxylation is 2. The summed E-state index contributed by atoms with van der Waals surface area (Å²) in [5, 5.41) is 5.35. The molecule has 4 heterocycles. The van der Waals surface area contributed by atoms with E-state index in [1.165, 1.54) is 14.2 Å². The van der Waals surface area contributed by atoms with Gasteiger partial charge in [-0.25, -0.2) is 19.6 Å². The first kappa shape index (κ1) is 39.4. The zero-order chi connectivity index (χ0) is 39.1. The number of rotatable bonds is 8. The van der Waals surface area contributed by atoms with Gasteiger partial charge in [0.15, 0.2) is 0 Å². The molecule has 2 fully saturated rings. The summed E-state index contributed by atoms with van der Waals surface area (Å²) < 4.78 is 9.48. The van der Waals surface area contributed by atoms with E-state index in [0.717, 1.165) is 48.2 Å². The Hall–Kier alpha value is -5.76. The van der Waals surface area contributed by atoms with Gasteiger partial charge in [-0.2, -0.15) is 0 Å². The molecule has 0 spiro atoms. The van der Waals surface area contributed by atoms with Gasteiger partial charge in [-0.3, -0.25) is 9.59 Å². The maximum absolute atomic E-state index is 13.5. The third-order valence-electron chi connectivity index (χ3n) is 9.84. The standard InChI is InChI=1S/C40H50N8O6/c1-23(2)33(45-39(51)53-7)37(49)47-21-9-11-31(47)35-41-25(5)29(43-35)19-17-27-13-15-28(16-14-27)18-20-30-26(6)42-36(44-30)32-12-10-22-48(32)38(50)34(24(3)4)46-40(52)54-8/h13-16,23-24,31-34H,9-12,21-22H2,1-8H3,(H,41,43)(H,42,44)(H,45,51)(H,46,52)/t31-,32-,33-,34+/m0/s1. The Morgan fingerprint density at radius 2 is 1.06 bits per heavy atom. The zero-order valence-electron chi connectivity index (χ0n) is 32.3. The van der Waals surface area contributed by atoms with E-state index in [4.69, 9.17) is 19.4 Å². The number of hydrogen-bond acceptors (Lipinski definition) is 8. The first-order valence-corrected chi connectivity index (χ1v) is 18.4. The second-order valence-electron chi connectivity index (χ2n) is 14.3. The lowest BCUT2D eigenvalue weighted by atomic mass is 10.0. The molecule has 0 unspecified atom stereocenters. The van der Waals surface area contributed by atoms with Crippen molar-refractivity contribution in [3.05, 3.63) is 69.8 Å². The Morgan fingerprint density at radius 1 is 0.685 bits per heavy atom. The SMILES string of the molecule is COC(=O)N[C@H](C(=O)N1CCC[C@H]1c1nc(C)c(C#Cc2ccc(C#Cc3[nH]c([C@@H]4CCCN4C(=O)[C@H](NC(=O)OC)C(C)C)nc3C)cc2)[nH]1)C(C)C. The molecule has 3 aromatic rings. The van der Waals surface area contributed by atoms with E-state index in [9.17, 15) is 19.2 Å². The van der Waals surface area contributed by atoms with Gasteiger partial charge in [-0.1, -0.05) is 39.5 Å². The summed E-state index contributed by atoms with van der Waals surface area (Å²) in [5.74, 6) is 13.6. The van der Waals surface area contributed by atoms with Gasteiger partial charge in [0, 0.05) is 24.2 Å². The van der Waals surface area contributed by atoms with Crippen molar-refractivity contribution >= 4 is 24.0 Å². The molecule has 4 amide bonds. The number of carbonyl (C=O) groups excluding carboxylic acids is 4. The van der Waals surface area contributed by atoms with Crippen molar-refractivity contribution in [2.24, 2.45) is 11.8 Å². The van der Waals surface area contributed by atoms with E-state index in [0.29, 0.717) is 36.1 Å². The monoisotopic (exact) mass is 738 g/mol. The highest BCUT2D eigenvalue weighted by Crippen LogP contribution is 2.33. The Balaban J connectivity index is 1.25. The highest BCUT2D eigenvalue weighted by molar-refractivity contribution is 5.87. The number of methoxy groups -OCH3 is 2. The fraction of sp³-hybridized carbons (Fsp3) is 0.500. The van der Waals surface area contributed by atoms with Gasteiger partial charge < -0.3 is 39.9 Å². The van der Waals surface area contributed by atoms with Crippen LogP contribution in [0.2, 0.25) is 0 Å². The van der Waals surface area contributed by atoms with Crippen LogP contribution in [0.4, 0.5) is 9.59 Å². The van der Waals surface area contributed by atoms with Crippen molar-refractivity contribution < 1.29 is 28.7 Å². The number of benzene rings is 1. The van der Waals surface area contributed by atoms with Crippen LogP contribution in [0, 0.1) is 49.4 Å². The molecule has 54 heavy (non-hydrogen) atoms. The Kier molecular flexibility index (Phi) is 12.7. The molecule has 2 saturated heterocycles. The number of nitrogens with zero attached hydrogens (tertiary/aromatic N) is 4. The second-order valence-corrected chi connectivity index (χ2v) is 14.3. The number of alkyl carbamates (subject to hydrolysis) is 2. The number of hydrogen-bond donors (Lipinski definition) is 4. The predicted molar refractivity (Wildman–Crippen MR) is 201 cm³/mol. The van der Waals surface area contributed by atoms with E-state index in [2.05, 4.69) is 44.3 Å². The predicted octanol–water partition coefficient (Wildman–Crippen LogP) is 4.64. The molecule has 5 rings (SSSR count). The van der Waals surface area contributed by atoms with Crippen LogP contribution in [-0.2, 0) is 19.1 Å². The van der Waals surface area contributed by atoms with Gasteiger partial charge in [-0.15, -0.1) is 0 Å². The third-order valence-corrected chi connectivity index (χ3v) is 9.84. The molecule has 2 aromatic heterocycles. The van der Waals surface area contributed by atoms with Gasteiger partial charge in [0.2, 0.25) is 11.8 Å².